The van der Waals surface area contributed by atoms with E-state index < -0.39 is 11.9 Å². The number of benzene rings is 3. The van der Waals surface area contributed by atoms with Gasteiger partial charge in [0.25, 0.3) is 0 Å². The summed E-state index contributed by atoms with van der Waals surface area (Å²) in [6.45, 7) is 0.675. The average molecular weight is 504 g/mol. The van der Waals surface area contributed by atoms with E-state index in [1.165, 1.54) is 38.0 Å². The van der Waals surface area contributed by atoms with Gasteiger partial charge in [-0.05, 0) is 73.6 Å². The fourth-order valence-corrected chi connectivity index (χ4v) is 3.85. The SMILES string of the molecule is COC(=O)c1cc(NC(=O)CCc2ccc(OCCCCCc3ccccc3)cc2)cc(C(=O)OC)c1. The molecule has 3 aromatic rings. The highest BCUT2D eigenvalue weighted by atomic mass is 16.5. The molecule has 0 saturated carbocycles. The summed E-state index contributed by atoms with van der Waals surface area (Å²) in [5.74, 6) is -0.661. The van der Waals surface area contributed by atoms with E-state index in [1.54, 1.807) is 0 Å². The normalized spacial score (nSPS) is 10.4. The first-order valence-corrected chi connectivity index (χ1v) is 12.4. The maximum Gasteiger partial charge on any atom is 0.337 e. The van der Waals surface area contributed by atoms with Crippen molar-refractivity contribution >= 4 is 23.5 Å². The summed E-state index contributed by atoms with van der Waals surface area (Å²) in [5, 5.41) is 2.74. The molecule has 0 atom stereocenters. The van der Waals surface area contributed by atoms with Crippen LogP contribution >= 0.6 is 0 Å². The molecule has 3 aromatic carbocycles. The summed E-state index contributed by atoms with van der Waals surface area (Å²) in [4.78, 5) is 36.3. The molecule has 1 amide bonds. The third-order valence-electron chi connectivity index (χ3n) is 5.84. The summed E-state index contributed by atoms with van der Waals surface area (Å²) in [5.41, 5.74) is 2.98. The van der Waals surface area contributed by atoms with Crippen molar-refractivity contribution in [3.05, 3.63) is 95.1 Å². The first-order valence-electron chi connectivity index (χ1n) is 12.4. The summed E-state index contributed by atoms with van der Waals surface area (Å²) < 4.78 is 15.3. The van der Waals surface area contributed by atoms with Crippen LogP contribution in [0.2, 0.25) is 0 Å². The minimum Gasteiger partial charge on any atom is -0.494 e. The number of anilines is 1. The number of unbranched alkanes of at least 4 members (excludes halogenated alkanes) is 2. The molecule has 7 nitrogen and oxygen atoms in total. The zero-order valence-corrected chi connectivity index (χ0v) is 21.3. The zero-order valence-electron chi connectivity index (χ0n) is 21.3. The van der Waals surface area contributed by atoms with E-state index in [9.17, 15) is 14.4 Å². The number of aryl methyl sites for hydroxylation is 2. The van der Waals surface area contributed by atoms with E-state index in [4.69, 9.17) is 14.2 Å². The average Bonchev–Trinajstić information content (AvgIpc) is 2.93. The molecule has 7 heteroatoms. The van der Waals surface area contributed by atoms with Crippen LogP contribution in [-0.2, 0) is 27.1 Å². The molecule has 0 aliphatic carbocycles. The lowest BCUT2D eigenvalue weighted by atomic mass is 10.1. The maximum absolute atomic E-state index is 12.5. The second-order valence-electron chi connectivity index (χ2n) is 8.62. The molecule has 0 radical (unpaired) electrons. The first-order chi connectivity index (χ1) is 18.0. The van der Waals surface area contributed by atoms with Crippen LogP contribution in [0.4, 0.5) is 5.69 Å². The van der Waals surface area contributed by atoms with Crippen LogP contribution in [-0.4, -0.2) is 38.7 Å². The Morgan fingerprint density at radius 2 is 1.32 bits per heavy atom. The van der Waals surface area contributed by atoms with Crippen LogP contribution in [0.15, 0.2) is 72.8 Å². The van der Waals surface area contributed by atoms with E-state index in [2.05, 4.69) is 29.6 Å². The number of hydrogen-bond donors (Lipinski definition) is 1. The fourth-order valence-electron chi connectivity index (χ4n) is 3.85. The number of nitrogens with one attached hydrogen (secondary N) is 1. The minimum atomic E-state index is -0.615. The van der Waals surface area contributed by atoms with Crippen molar-refractivity contribution in [3.63, 3.8) is 0 Å². The van der Waals surface area contributed by atoms with Gasteiger partial charge in [-0.15, -0.1) is 0 Å². The molecule has 0 unspecified atom stereocenters. The highest BCUT2D eigenvalue weighted by molar-refractivity contribution is 5.99. The smallest absolute Gasteiger partial charge is 0.337 e. The molecule has 0 heterocycles. The highest BCUT2D eigenvalue weighted by Crippen LogP contribution is 2.19. The van der Waals surface area contributed by atoms with Gasteiger partial charge in [-0.25, -0.2) is 9.59 Å². The first kappa shape index (κ1) is 27.5. The highest BCUT2D eigenvalue weighted by Gasteiger charge is 2.15. The Bertz CT molecular complexity index is 1140. The minimum absolute atomic E-state index is 0.146. The van der Waals surface area contributed by atoms with Crippen molar-refractivity contribution in [1.29, 1.82) is 0 Å². The second-order valence-corrected chi connectivity index (χ2v) is 8.62. The van der Waals surface area contributed by atoms with Crippen molar-refractivity contribution in [2.24, 2.45) is 0 Å². The quantitative estimate of drug-likeness (QED) is 0.240. The number of carbonyl (C=O) groups is 3. The summed E-state index contributed by atoms with van der Waals surface area (Å²) >= 11 is 0. The molecule has 37 heavy (non-hydrogen) atoms. The fraction of sp³-hybridized carbons (Fsp3) is 0.300. The third-order valence-corrected chi connectivity index (χ3v) is 5.84. The Balaban J connectivity index is 1.41. The summed E-state index contributed by atoms with van der Waals surface area (Å²) in [6.07, 6.45) is 5.12. The van der Waals surface area contributed by atoms with Gasteiger partial charge in [-0.3, -0.25) is 4.79 Å². The lowest BCUT2D eigenvalue weighted by Gasteiger charge is -2.10. The van der Waals surface area contributed by atoms with Crippen molar-refractivity contribution < 1.29 is 28.6 Å². The Hall–Kier alpha value is -4.13. The largest absolute Gasteiger partial charge is 0.494 e. The van der Waals surface area contributed by atoms with Crippen molar-refractivity contribution in [2.45, 2.75) is 38.5 Å². The molecular formula is C30H33NO6. The van der Waals surface area contributed by atoms with Crippen molar-refractivity contribution in [3.8, 4) is 5.75 Å². The number of carbonyl (C=O) groups excluding carboxylic acids is 3. The van der Waals surface area contributed by atoms with Gasteiger partial charge in [0.15, 0.2) is 0 Å². The Morgan fingerprint density at radius 3 is 1.95 bits per heavy atom. The Morgan fingerprint density at radius 1 is 0.703 bits per heavy atom. The molecule has 0 fully saturated rings. The molecule has 194 valence electrons. The summed E-state index contributed by atoms with van der Waals surface area (Å²) in [6, 6.07) is 22.5. The topological polar surface area (TPSA) is 90.9 Å². The molecule has 0 saturated heterocycles. The Labute approximate surface area is 217 Å². The van der Waals surface area contributed by atoms with E-state index in [0.29, 0.717) is 18.7 Å². The second kappa shape index (κ2) is 14.4. The number of hydrogen-bond acceptors (Lipinski definition) is 6. The van der Waals surface area contributed by atoms with Gasteiger partial charge < -0.3 is 19.5 Å². The number of ether oxygens (including phenoxy) is 3. The van der Waals surface area contributed by atoms with Gasteiger partial charge in [-0.2, -0.15) is 0 Å². The molecule has 0 bridgehead atoms. The molecule has 0 aliphatic rings. The van der Waals surface area contributed by atoms with Crippen molar-refractivity contribution in [1.82, 2.24) is 0 Å². The van der Waals surface area contributed by atoms with Crippen LogP contribution < -0.4 is 10.1 Å². The molecular weight excluding hydrogens is 470 g/mol. The van der Waals surface area contributed by atoms with Crippen LogP contribution in [0.25, 0.3) is 0 Å². The number of rotatable bonds is 13. The lowest BCUT2D eigenvalue weighted by Crippen LogP contribution is -2.14. The van der Waals surface area contributed by atoms with E-state index in [-0.39, 0.29) is 23.5 Å². The zero-order chi connectivity index (χ0) is 26.5. The van der Waals surface area contributed by atoms with Crippen LogP contribution in [0, 0.1) is 0 Å². The predicted octanol–water partition coefficient (Wildman–Crippen LogP) is 5.62. The van der Waals surface area contributed by atoms with Gasteiger partial charge >= 0.3 is 11.9 Å². The van der Waals surface area contributed by atoms with E-state index in [0.717, 1.165) is 37.0 Å². The molecule has 3 rings (SSSR count). The predicted molar refractivity (Wildman–Crippen MR) is 142 cm³/mol. The Kier molecular flexibility index (Phi) is 10.7. The molecule has 0 spiro atoms. The van der Waals surface area contributed by atoms with Crippen LogP contribution in [0.5, 0.6) is 5.75 Å². The van der Waals surface area contributed by atoms with Gasteiger partial charge in [-0.1, -0.05) is 42.5 Å². The molecule has 0 aliphatic heterocycles. The van der Waals surface area contributed by atoms with Gasteiger partial charge in [0.05, 0.1) is 32.0 Å². The van der Waals surface area contributed by atoms with Gasteiger partial charge in [0.1, 0.15) is 5.75 Å². The standard InChI is InChI=1S/C30H33NO6/c1-35-29(33)24-19-25(30(34)36-2)21-26(20-24)31-28(32)17-14-23-12-15-27(16-13-23)37-18-8-4-7-11-22-9-5-3-6-10-22/h3,5-6,9-10,12-13,15-16,19-21H,4,7-8,11,14,17-18H2,1-2H3,(H,31,32). The van der Waals surface area contributed by atoms with Crippen LogP contribution in [0.3, 0.4) is 0 Å². The lowest BCUT2D eigenvalue weighted by molar-refractivity contribution is -0.116. The third kappa shape index (κ3) is 9.11. The van der Waals surface area contributed by atoms with Gasteiger partial charge in [0, 0.05) is 12.1 Å². The van der Waals surface area contributed by atoms with Crippen molar-refractivity contribution in [2.75, 3.05) is 26.1 Å². The maximum atomic E-state index is 12.5. The summed E-state index contributed by atoms with van der Waals surface area (Å²) in [7, 11) is 2.49. The van der Waals surface area contributed by atoms with Crippen LogP contribution in [0.1, 0.15) is 57.5 Å². The number of amides is 1. The number of esters is 2. The molecule has 0 aromatic heterocycles. The molecule has 1 N–H and O–H groups in total. The monoisotopic (exact) mass is 503 g/mol. The van der Waals surface area contributed by atoms with E-state index >= 15 is 0 Å². The van der Waals surface area contributed by atoms with E-state index in [1.807, 2.05) is 30.3 Å². The number of methoxy groups -OCH3 is 2. The van der Waals surface area contributed by atoms with Gasteiger partial charge in [0.2, 0.25) is 5.91 Å².